The fourth-order valence-corrected chi connectivity index (χ4v) is 4.53. The van der Waals surface area contributed by atoms with Crippen LogP contribution in [0.4, 0.5) is 11.4 Å². The maximum atomic E-state index is 4.89. The number of nitrogens with one attached hydrogen (secondary N) is 1. The quantitative estimate of drug-likeness (QED) is 0.206. The van der Waals surface area contributed by atoms with Crippen molar-refractivity contribution in [3.63, 3.8) is 0 Å². The van der Waals surface area contributed by atoms with Crippen LogP contribution >= 0.6 is 0 Å². The van der Waals surface area contributed by atoms with Crippen molar-refractivity contribution >= 4 is 11.4 Å². The van der Waals surface area contributed by atoms with E-state index >= 15 is 0 Å². The van der Waals surface area contributed by atoms with E-state index in [1.54, 1.807) is 0 Å². The summed E-state index contributed by atoms with van der Waals surface area (Å²) in [6.07, 6.45) is 0. The van der Waals surface area contributed by atoms with Crippen molar-refractivity contribution in [2.45, 2.75) is 69.2 Å². The van der Waals surface area contributed by atoms with E-state index in [-0.39, 0.29) is 33.6 Å². The molecule has 0 unspecified atom stereocenters. The molecular weight excluding hydrogens is 542 g/mol. The zero-order chi connectivity index (χ0) is 27.0. The molecule has 0 atom stereocenters. The van der Waals surface area contributed by atoms with E-state index in [0.717, 1.165) is 31.7 Å². The fraction of sp³-hybridized carbons (Fsp3) is 0.412. The standard InChI is InChI=1S/C26H39N3.C7H7.CH3.Zr/c1-15-17(3)21(7)25(22(8)18(15)4)28-13-11-27-12-14-29-26-23(9)19(5)16(2)20(6)24(26)10;1-7-5-3-2-4-6-7;;/h27H,11-14H2,1-10H3;2-6H,1H2;1H3;/q-2;2*-1;+4. The van der Waals surface area contributed by atoms with Gasteiger partial charge in [0, 0.05) is 0 Å². The Morgan fingerprint density at radius 2 is 0.816 bits per heavy atom. The molecule has 1 N–H and O–H groups in total. The minimum atomic E-state index is 0. The molecule has 0 saturated heterocycles. The molecule has 0 amide bonds. The number of hydrogen-bond acceptors (Lipinski definition) is 1. The van der Waals surface area contributed by atoms with Crippen molar-refractivity contribution in [1.29, 1.82) is 0 Å². The molecule has 38 heavy (non-hydrogen) atoms. The van der Waals surface area contributed by atoms with Crippen LogP contribution in [-0.4, -0.2) is 26.2 Å². The van der Waals surface area contributed by atoms with Gasteiger partial charge in [-0.1, -0.05) is 28.3 Å². The third-order valence-electron chi connectivity index (χ3n) is 7.88. The molecule has 4 heteroatoms. The van der Waals surface area contributed by atoms with Gasteiger partial charge in [-0.05, 0) is 116 Å². The maximum Gasteiger partial charge on any atom is 4.00 e. The van der Waals surface area contributed by atoms with E-state index in [9.17, 15) is 0 Å². The van der Waals surface area contributed by atoms with Gasteiger partial charge in [0.1, 0.15) is 0 Å². The van der Waals surface area contributed by atoms with Crippen LogP contribution < -0.4 is 5.32 Å². The molecule has 3 rings (SSSR count). The first-order chi connectivity index (χ1) is 17.0. The van der Waals surface area contributed by atoms with E-state index in [0.29, 0.717) is 0 Å². The normalized spacial score (nSPS) is 10.1. The van der Waals surface area contributed by atoms with Gasteiger partial charge in [0.2, 0.25) is 0 Å². The zero-order valence-corrected chi connectivity index (χ0v) is 28.3. The second-order valence-corrected chi connectivity index (χ2v) is 9.95. The van der Waals surface area contributed by atoms with Crippen LogP contribution in [0.3, 0.4) is 0 Å². The van der Waals surface area contributed by atoms with Crippen molar-refractivity contribution in [1.82, 2.24) is 5.32 Å². The summed E-state index contributed by atoms with van der Waals surface area (Å²) in [4.78, 5) is 0. The van der Waals surface area contributed by atoms with E-state index in [4.69, 9.17) is 10.6 Å². The average molecular weight is 591 g/mol. The summed E-state index contributed by atoms with van der Waals surface area (Å²) in [6.45, 7) is 29.1. The van der Waals surface area contributed by atoms with Gasteiger partial charge in [0.25, 0.3) is 0 Å². The predicted octanol–water partition coefficient (Wildman–Crippen LogP) is 9.39. The second kappa shape index (κ2) is 16.8. The fourth-order valence-electron chi connectivity index (χ4n) is 4.53. The topological polar surface area (TPSA) is 40.2 Å². The summed E-state index contributed by atoms with van der Waals surface area (Å²) in [7, 11) is 0. The Morgan fingerprint density at radius 1 is 0.526 bits per heavy atom. The predicted molar refractivity (Wildman–Crippen MR) is 166 cm³/mol. The van der Waals surface area contributed by atoms with E-state index in [1.165, 1.54) is 67.0 Å². The molecule has 0 bridgehead atoms. The molecule has 3 aromatic rings. The number of rotatable bonds is 8. The minimum absolute atomic E-state index is 0. The van der Waals surface area contributed by atoms with Crippen molar-refractivity contribution in [3.8, 4) is 0 Å². The summed E-state index contributed by atoms with van der Waals surface area (Å²) in [6, 6.07) is 9.87. The molecule has 0 heterocycles. The molecule has 3 nitrogen and oxygen atoms in total. The van der Waals surface area contributed by atoms with E-state index in [1.807, 2.05) is 30.3 Å². The number of nitrogens with zero attached hydrogens (tertiary/aromatic N) is 2. The summed E-state index contributed by atoms with van der Waals surface area (Å²) in [5.74, 6) is 0. The van der Waals surface area contributed by atoms with E-state index < -0.39 is 0 Å². The Hall–Kier alpha value is -2.03. The van der Waals surface area contributed by atoms with Crippen LogP contribution in [0.25, 0.3) is 10.6 Å². The first-order valence-corrected chi connectivity index (χ1v) is 13.1. The summed E-state index contributed by atoms with van der Waals surface area (Å²) < 4.78 is 0. The molecule has 0 saturated carbocycles. The van der Waals surface area contributed by atoms with Gasteiger partial charge < -0.3 is 23.4 Å². The monoisotopic (exact) mass is 589 g/mol. The molecule has 0 fully saturated rings. The zero-order valence-electron chi connectivity index (χ0n) is 25.8. The third-order valence-corrected chi connectivity index (χ3v) is 7.88. The Kier molecular flexibility index (Phi) is 15.9. The third kappa shape index (κ3) is 9.03. The van der Waals surface area contributed by atoms with Crippen LogP contribution in [0.1, 0.15) is 61.2 Å². The number of hydrogen-bond donors (Lipinski definition) is 1. The van der Waals surface area contributed by atoms with Gasteiger partial charge in [0.05, 0.1) is 0 Å². The Labute approximate surface area is 253 Å². The largest absolute Gasteiger partial charge is 4.00 e. The van der Waals surface area contributed by atoms with Crippen LogP contribution in [-0.2, 0) is 26.2 Å². The average Bonchev–Trinajstić information content (AvgIpc) is 2.87. The van der Waals surface area contributed by atoms with Gasteiger partial charge in [-0.25, -0.2) is 0 Å². The molecule has 0 aliphatic heterocycles. The molecule has 0 spiro atoms. The molecular formula is C34H49N3Zr. The summed E-state index contributed by atoms with van der Waals surface area (Å²) >= 11 is 0. The first kappa shape index (κ1) is 36.0. The molecule has 3 aromatic carbocycles. The van der Waals surface area contributed by atoms with Crippen LogP contribution in [0, 0.1) is 83.6 Å². The Morgan fingerprint density at radius 3 is 1.08 bits per heavy atom. The molecule has 0 aliphatic carbocycles. The maximum absolute atomic E-state index is 4.89. The smallest absolute Gasteiger partial charge is 0.683 e. The van der Waals surface area contributed by atoms with Gasteiger partial charge in [0.15, 0.2) is 0 Å². The molecule has 0 radical (unpaired) electrons. The van der Waals surface area contributed by atoms with Crippen LogP contribution in [0.5, 0.6) is 0 Å². The van der Waals surface area contributed by atoms with Gasteiger partial charge in [-0.15, -0.1) is 36.6 Å². The Bertz CT molecular complexity index is 1040. The molecule has 204 valence electrons. The van der Waals surface area contributed by atoms with Crippen molar-refractivity contribution in [2.75, 3.05) is 26.2 Å². The minimum Gasteiger partial charge on any atom is -0.683 e. The number of benzene rings is 3. The SMILES string of the molecule is Cc1c(C)c(C)c([N-]CCNCC[N-]c2c(C)c(C)c(C)c(C)c2C)c(C)c1C.[CH2-]c1ccccc1.[CH3-].[Zr+4]. The molecule has 0 aliphatic rings. The molecule has 0 aromatic heterocycles. The first-order valence-electron chi connectivity index (χ1n) is 13.1. The van der Waals surface area contributed by atoms with Crippen molar-refractivity contribution in [3.05, 3.63) is 117 Å². The van der Waals surface area contributed by atoms with E-state index in [2.05, 4.69) is 81.5 Å². The summed E-state index contributed by atoms with van der Waals surface area (Å²) in [5, 5.41) is 13.3. The van der Waals surface area contributed by atoms with Crippen molar-refractivity contribution in [2.24, 2.45) is 0 Å². The van der Waals surface area contributed by atoms with Gasteiger partial charge in [-0.2, -0.15) is 24.6 Å². The van der Waals surface area contributed by atoms with Crippen molar-refractivity contribution < 1.29 is 26.2 Å². The van der Waals surface area contributed by atoms with Gasteiger partial charge in [-0.3, -0.25) is 0 Å². The Balaban J connectivity index is 0.00000132. The van der Waals surface area contributed by atoms with Crippen LogP contribution in [0.2, 0.25) is 0 Å². The van der Waals surface area contributed by atoms with Crippen LogP contribution in [0.15, 0.2) is 30.3 Å². The van der Waals surface area contributed by atoms with Gasteiger partial charge >= 0.3 is 26.2 Å². The summed E-state index contributed by atoms with van der Waals surface area (Å²) in [5.41, 5.74) is 16.9. The second-order valence-electron chi connectivity index (χ2n) is 9.95.